The highest BCUT2D eigenvalue weighted by molar-refractivity contribution is 5.83. The van der Waals surface area contributed by atoms with Gasteiger partial charge < -0.3 is 0 Å². The molecule has 0 aliphatic heterocycles. The third-order valence-electron chi connectivity index (χ3n) is 4.09. The van der Waals surface area contributed by atoms with E-state index in [1.807, 2.05) is 36.7 Å². The smallest absolute Gasteiger partial charge is 0.272 e. The fourth-order valence-corrected chi connectivity index (χ4v) is 2.70. The van der Waals surface area contributed by atoms with Crippen molar-refractivity contribution in [1.29, 1.82) is 0 Å². The van der Waals surface area contributed by atoms with Gasteiger partial charge in [-0.2, -0.15) is 10.2 Å². The predicted octanol–water partition coefficient (Wildman–Crippen LogP) is 3.90. The normalized spacial score (nSPS) is 11.0. The molecule has 0 saturated carbocycles. The monoisotopic (exact) mass is 349 g/mol. The van der Waals surface area contributed by atoms with Crippen molar-refractivity contribution in [2.45, 2.75) is 20.4 Å². The van der Waals surface area contributed by atoms with Crippen LogP contribution in [0.25, 0.3) is 0 Å². The minimum Gasteiger partial charge on any atom is -0.272 e. The Labute approximate surface area is 151 Å². The number of aryl methyl sites for hydroxylation is 1. The zero-order valence-corrected chi connectivity index (χ0v) is 14.6. The Morgan fingerprint density at radius 1 is 1.15 bits per heavy atom. The van der Waals surface area contributed by atoms with Crippen LogP contribution < -0.4 is 5.43 Å². The summed E-state index contributed by atoms with van der Waals surface area (Å²) < 4.78 is 1.93. The summed E-state index contributed by atoms with van der Waals surface area (Å²) in [6.45, 7) is 4.58. The van der Waals surface area contributed by atoms with Crippen molar-refractivity contribution in [3.63, 3.8) is 0 Å². The van der Waals surface area contributed by atoms with E-state index in [1.54, 1.807) is 24.4 Å². The lowest BCUT2D eigenvalue weighted by Gasteiger charge is -2.04. The van der Waals surface area contributed by atoms with Crippen molar-refractivity contribution in [3.8, 4) is 0 Å². The number of hydrazone groups is 1. The summed E-state index contributed by atoms with van der Waals surface area (Å²) in [5.41, 5.74) is 6.98. The number of nitro groups is 1. The van der Waals surface area contributed by atoms with Crippen LogP contribution in [0, 0.1) is 24.0 Å². The third kappa shape index (κ3) is 3.77. The number of anilines is 1. The number of nitrogens with zero attached hydrogens (tertiary/aromatic N) is 4. The van der Waals surface area contributed by atoms with E-state index in [2.05, 4.69) is 27.8 Å². The lowest BCUT2D eigenvalue weighted by Crippen LogP contribution is -2.04. The van der Waals surface area contributed by atoms with E-state index in [0.717, 1.165) is 17.0 Å². The quantitative estimate of drug-likeness (QED) is 0.415. The molecule has 0 aliphatic rings. The van der Waals surface area contributed by atoms with Crippen LogP contribution in [0.1, 0.15) is 22.5 Å². The molecule has 7 nitrogen and oxygen atoms in total. The van der Waals surface area contributed by atoms with Crippen LogP contribution in [-0.4, -0.2) is 20.9 Å². The maximum absolute atomic E-state index is 11.0. The van der Waals surface area contributed by atoms with Gasteiger partial charge in [0.2, 0.25) is 0 Å². The van der Waals surface area contributed by atoms with Crippen LogP contribution >= 0.6 is 0 Å². The van der Waals surface area contributed by atoms with Crippen LogP contribution in [0.15, 0.2) is 59.7 Å². The summed E-state index contributed by atoms with van der Waals surface area (Å²) in [6.07, 6.45) is 1.65. The zero-order chi connectivity index (χ0) is 18.5. The molecule has 3 rings (SSSR count). The number of nitrogens with one attached hydrogen (secondary N) is 1. The molecule has 0 saturated heterocycles. The second-order valence-electron chi connectivity index (χ2n) is 5.87. The van der Waals surface area contributed by atoms with Gasteiger partial charge in [0.1, 0.15) is 5.69 Å². The molecular formula is C19H19N5O2. The number of nitro benzene ring substituents is 1. The molecule has 0 bridgehead atoms. The molecule has 0 aliphatic carbocycles. The number of para-hydroxylation sites is 2. The standard InChI is InChI=1S/C19H19N5O2/c1-14-17(12-20-21-18-10-6-7-11-19(18)24(25)26)15(2)23(22-14)13-16-8-4-3-5-9-16/h3-12,21H,13H2,1-2H3/b20-12-. The van der Waals surface area contributed by atoms with Crippen molar-refractivity contribution in [2.75, 3.05) is 5.43 Å². The van der Waals surface area contributed by atoms with E-state index >= 15 is 0 Å². The third-order valence-corrected chi connectivity index (χ3v) is 4.09. The molecule has 0 unspecified atom stereocenters. The Bertz CT molecular complexity index is 948. The van der Waals surface area contributed by atoms with Crippen molar-refractivity contribution in [1.82, 2.24) is 9.78 Å². The largest absolute Gasteiger partial charge is 0.294 e. The maximum atomic E-state index is 11.0. The number of benzene rings is 2. The summed E-state index contributed by atoms with van der Waals surface area (Å²) in [5, 5.41) is 19.8. The van der Waals surface area contributed by atoms with Crippen LogP contribution in [0.2, 0.25) is 0 Å². The number of hydrogen-bond donors (Lipinski definition) is 1. The van der Waals surface area contributed by atoms with Crippen molar-refractivity contribution in [3.05, 3.63) is 87.2 Å². The summed E-state index contributed by atoms with van der Waals surface area (Å²) in [7, 11) is 0. The molecule has 1 heterocycles. The van der Waals surface area contributed by atoms with E-state index in [4.69, 9.17) is 0 Å². The van der Waals surface area contributed by atoms with Crippen molar-refractivity contribution >= 4 is 17.6 Å². The molecule has 0 atom stereocenters. The molecule has 0 spiro atoms. The van der Waals surface area contributed by atoms with Gasteiger partial charge in [0.15, 0.2) is 0 Å². The topological polar surface area (TPSA) is 85.3 Å². The second-order valence-corrected chi connectivity index (χ2v) is 5.87. The van der Waals surface area contributed by atoms with Gasteiger partial charge in [-0.3, -0.25) is 20.2 Å². The van der Waals surface area contributed by atoms with Crippen molar-refractivity contribution < 1.29 is 4.92 Å². The highest BCUT2D eigenvalue weighted by atomic mass is 16.6. The van der Waals surface area contributed by atoms with E-state index in [0.29, 0.717) is 12.2 Å². The van der Waals surface area contributed by atoms with Crippen LogP contribution in [0.4, 0.5) is 11.4 Å². The lowest BCUT2D eigenvalue weighted by atomic mass is 10.2. The molecule has 0 fully saturated rings. The van der Waals surface area contributed by atoms with E-state index in [-0.39, 0.29) is 5.69 Å². The predicted molar refractivity (Wildman–Crippen MR) is 102 cm³/mol. The Kier molecular flexibility index (Phi) is 5.07. The summed E-state index contributed by atoms with van der Waals surface area (Å²) in [5.74, 6) is 0. The van der Waals surface area contributed by atoms with E-state index in [1.165, 1.54) is 11.6 Å². The fourth-order valence-electron chi connectivity index (χ4n) is 2.70. The first-order valence-corrected chi connectivity index (χ1v) is 8.16. The highest BCUT2D eigenvalue weighted by Gasteiger charge is 2.12. The lowest BCUT2D eigenvalue weighted by molar-refractivity contribution is -0.384. The Balaban J connectivity index is 1.78. The van der Waals surface area contributed by atoms with Gasteiger partial charge in [-0.25, -0.2) is 0 Å². The average molecular weight is 349 g/mol. The first-order valence-electron chi connectivity index (χ1n) is 8.16. The highest BCUT2D eigenvalue weighted by Crippen LogP contribution is 2.23. The molecule has 132 valence electrons. The van der Waals surface area contributed by atoms with Gasteiger partial charge in [0.05, 0.1) is 23.4 Å². The molecule has 7 heteroatoms. The van der Waals surface area contributed by atoms with Crippen molar-refractivity contribution in [2.24, 2.45) is 5.10 Å². The number of hydrogen-bond acceptors (Lipinski definition) is 5. The molecule has 3 aromatic rings. The van der Waals surface area contributed by atoms with Gasteiger partial charge >= 0.3 is 0 Å². The Morgan fingerprint density at radius 2 is 1.85 bits per heavy atom. The number of aromatic nitrogens is 2. The summed E-state index contributed by atoms with van der Waals surface area (Å²) in [4.78, 5) is 10.6. The number of rotatable bonds is 6. The maximum Gasteiger partial charge on any atom is 0.294 e. The van der Waals surface area contributed by atoms with Gasteiger partial charge in [-0.15, -0.1) is 0 Å². The molecule has 2 aromatic carbocycles. The Hall–Kier alpha value is -3.48. The fraction of sp³-hybridized carbons (Fsp3) is 0.158. The molecule has 26 heavy (non-hydrogen) atoms. The van der Waals surface area contributed by atoms with Crippen LogP contribution in [0.5, 0.6) is 0 Å². The summed E-state index contributed by atoms with van der Waals surface area (Å²) >= 11 is 0. The first kappa shape index (κ1) is 17.3. The molecule has 1 N–H and O–H groups in total. The minimum atomic E-state index is -0.438. The SMILES string of the molecule is Cc1nn(Cc2ccccc2)c(C)c1/C=N\Nc1ccccc1[N+](=O)[O-]. The molecular weight excluding hydrogens is 330 g/mol. The van der Waals surface area contributed by atoms with Gasteiger partial charge in [0.25, 0.3) is 5.69 Å². The molecule has 1 aromatic heterocycles. The van der Waals surface area contributed by atoms with Gasteiger partial charge in [-0.1, -0.05) is 42.5 Å². The summed E-state index contributed by atoms with van der Waals surface area (Å²) in [6, 6.07) is 16.5. The van der Waals surface area contributed by atoms with E-state index in [9.17, 15) is 10.1 Å². The zero-order valence-electron chi connectivity index (χ0n) is 14.6. The second kappa shape index (κ2) is 7.60. The molecule has 0 radical (unpaired) electrons. The van der Waals surface area contributed by atoms with Gasteiger partial charge in [-0.05, 0) is 25.5 Å². The molecule has 0 amide bonds. The minimum absolute atomic E-state index is 0.0159. The Morgan fingerprint density at radius 3 is 2.58 bits per heavy atom. The van der Waals surface area contributed by atoms with E-state index < -0.39 is 4.92 Å². The van der Waals surface area contributed by atoms with Crippen LogP contribution in [0.3, 0.4) is 0 Å². The average Bonchev–Trinajstić information content (AvgIpc) is 2.90. The van der Waals surface area contributed by atoms with Gasteiger partial charge in [0, 0.05) is 17.3 Å². The van der Waals surface area contributed by atoms with Crippen LogP contribution in [-0.2, 0) is 6.54 Å². The first-order chi connectivity index (χ1) is 12.6.